The number of benzene rings is 1. The van der Waals surface area contributed by atoms with E-state index in [0.29, 0.717) is 0 Å². The smallest absolute Gasteiger partial charge is 0.119 e. The van der Waals surface area contributed by atoms with Gasteiger partial charge < -0.3 is 4.74 Å². The normalized spacial score (nSPS) is 28.2. The lowest BCUT2D eigenvalue weighted by atomic mass is 9.78. The van der Waals surface area contributed by atoms with E-state index in [-0.39, 0.29) is 0 Å². The fourth-order valence-corrected chi connectivity index (χ4v) is 5.60. The van der Waals surface area contributed by atoms with Crippen molar-refractivity contribution < 1.29 is 4.74 Å². The number of hydrogen-bond donors (Lipinski definition) is 0. The summed E-state index contributed by atoms with van der Waals surface area (Å²) in [4.78, 5) is 0. The lowest BCUT2D eigenvalue weighted by Gasteiger charge is -2.28. The topological polar surface area (TPSA) is 9.23 Å². The van der Waals surface area contributed by atoms with Gasteiger partial charge in [0.25, 0.3) is 0 Å². The van der Waals surface area contributed by atoms with Gasteiger partial charge in [0.2, 0.25) is 0 Å². The summed E-state index contributed by atoms with van der Waals surface area (Å²) in [5, 5.41) is 0. The first-order valence-corrected chi connectivity index (χ1v) is 12.5. The van der Waals surface area contributed by atoms with Crippen LogP contribution in [0, 0.1) is 17.8 Å². The van der Waals surface area contributed by atoms with Gasteiger partial charge in [0.15, 0.2) is 0 Å². The van der Waals surface area contributed by atoms with Crippen LogP contribution in [0.2, 0.25) is 0 Å². The average molecular weight is 385 g/mol. The van der Waals surface area contributed by atoms with Crippen molar-refractivity contribution >= 4 is 0 Å². The van der Waals surface area contributed by atoms with Crippen molar-refractivity contribution in [2.24, 2.45) is 17.8 Å². The Hall–Kier alpha value is -0.980. The van der Waals surface area contributed by atoms with Crippen LogP contribution in [0.15, 0.2) is 24.3 Å². The third-order valence-corrected chi connectivity index (χ3v) is 7.73. The quantitative estimate of drug-likeness (QED) is 0.367. The second-order valence-corrected chi connectivity index (χ2v) is 9.71. The molecule has 0 unspecified atom stereocenters. The Balaban J connectivity index is 1.29. The SMILES string of the molecule is CCCC[C@H]1CC[C@H](CCCOc2ccc([C@H]3CC[C@H](CC)CC3)cc2)CC1. The van der Waals surface area contributed by atoms with Gasteiger partial charge in [-0.25, -0.2) is 0 Å². The highest BCUT2D eigenvalue weighted by molar-refractivity contribution is 5.29. The lowest BCUT2D eigenvalue weighted by molar-refractivity contribution is 0.228. The highest BCUT2D eigenvalue weighted by Gasteiger charge is 2.22. The van der Waals surface area contributed by atoms with E-state index in [1.54, 1.807) is 0 Å². The second-order valence-electron chi connectivity index (χ2n) is 9.71. The zero-order chi connectivity index (χ0) is 19.6. The molecule has 0 saturated heterocycles. The summed E-state index contributed by atoms with van der Waals surface area (Å²) >= 11 is 0. The first-order chi connectivity index (χ1) is 13.8. The maximum absolute atomic E-state index is 6.05. The van der Waals surface area contributed by atoms with Gasteiger partial charge in [0.1, 0.15) is 5.75 Å². The predicted molar refractivity (Wildman–Crippen MR) is 121 cm³/mol. The zero-order valence-electron chi connectivity index (χ0n) is 18.6. The van der Waals surface area contributed by atoms with E-state index in [1.165, 1.54) is 95.5 Å². The fraction of sp³-hybridized carbons (Fsp3) is 0.778. The summed E-state index contributed by atoms with van der Waals surface area (Å²) in [6.07, 6.45) is 19.7. The zero-order valence-corrected chi connectivity index (χ0v) is 18.6. The second kappa shape index (κ2) is 11.9. The number of hydrogen-bond acceptors (Lipinski definition) is 1. The Labute approximate surface area is 174 Å². The van der Waals surface area contributed by atoms with E-state index in [4.69, 9.17) is 4.74 Å². The van der Waals surface area contributed by atoms with Crippen molar-refractivity contribution in [2.75, 3.05) is 6.61 Å². The molecule has 3 rings (SSSR count). The van der Waals surface area contributed by atoms with Gasteiger partial charge >= 0.3 is 0 Å². The van der Waals surface area contributed by atoms with Crippen molar-refractivity contribution in [2.45, 2.75) is 110 Å². The fourth-order valence-electron chi connectivity index (χ4n) is 5.60. The third kappa shape index (κ3) is 6.82. The predicted octanol–water partition coefficient (Wildman–Crippen LogP) is 8.53. The molecule has 0 radical (unpaired) electrons. The molecule has 0 aromatic heterocycles. The molecule has 0 amide bonds. The molecule has 2 aliphatic rings. The van der Waals surface area contributed by atoms with Gasteiger partial charge in [-0.1, -0.05) is 77.3 Å². The van der Waals surface area contributed by atoms with E-state index in [1.807, 2.05) is 0 Å². The van der Waals surface area contributed by atoms with Crippen molar-refractivity contribution in [3.05, 3.63) is 29.8 Å². The Morgan fingerprint density at radius 2 is 1.29 bits per heavy atom. The Kier molecular flexibility index (Phi) is 9.22. The van der Waals surface area contributed by atoms with Crippen LogP contribution in [0.3, 0.4) is 0 Å². The van der Waals surface area contributed by atoms with Crippen LogP contribution >= 0.6 is 0 Å². The molecule has 28 heavy (non-hydrogen) atoms. The molecule has 1 aromatic rings. The summed E-state index contributed by atoms with van der Waals surface area (Å²) in [7, 11) is 0. The molecule has 2 aliphatic carbocycles. The van der Waals surface area contributed by atoms with Crippen LogP contribution in [-0.4, -0.2) is 6.61 Å². The van der Waals surface area contributed by atoms with Crippen LogP contribution in [0.25, 0.3) is 0 Å². The van der Waals surface area contributed by atoms with Gasteiger partial charge in [0.05, 0.1) is 6.61 Å². The van der Waals surface area contributed by atoms with E-state index in [0.717, 1.165) is 36.0 Å². The highest BCUT2D eigenvalue weighted by atomic mass is 16.5. The van der Waals surface area contributed by atoms with Crippen LogP contribution in [0.1, 0.15) is 115 Å². The minimum atomic E-state index is 0.782. The minimum absolute atomic E-state index is 0.782. The lowest BCUT2D eigenvalue weighted by Crippen LogP contribution is -2.15. The molecule has 1 aromatic carbocycles. The first-order valence-electron chi connectivity index (χ1n) is 12.5. The molecule has 0 atom stereocenters. The van der Waals surface area contributed by atoms with E-state index in [9.17, 15) is 0 Å². The number of unbranched alkanes of at least 4 members (excludes halogenated alkanes) is 1. The van der Waals surface area contributed by atoms with Crippen LogP contribution in [0.5, 0.6) is 5.75 Å². The molecule has 0 heterocycles. The van der Waals surface area contributed by atoms with Gasteiger partial charge in [-0.05, 0) is 79.9 Å². The molecule has 1 nitrogen and oxygen atoms in total. The molecule has 1 heteroatoms. The Bertz CT molecular complexity index is 518. The average Bonchev–Trinajstić information content (AvgIpc) is 2.76. The molecule has 0 spiro atoms. The number of rotatable bonds is 10. The van der Waals surface area contributed by atoms with Crippen molar-refractivity contribution in [1.29, 1.82) is 0 Å². The molecule has 0 bridgehead atoms. The highest BCUT2D eigenvalue weighted by Crippen LogP contribution is 2.37. The van der Waals surface area contributed by atoms with E-state index < -0.39 is 0 Å². The molecule has 0 aliphatic heterocycles. The van der Waals surface area contributed by atoms with Gasteiger partial charge in [-0.3, -0.25) is 0 Å². The summed E-state index contributed by atoms with van der Waals surface area (Å²) in [5.74, 6) is 4.81. The molecular formula is C27H44O. The van der Waals surface area contributed by atoms with Crippen molar-refractivity contribution in [3.8, 4) is 5.75 Å². The van der Waals surface area contributed by atoms with Gasteiger partial charge in [0, 0.05) is 0 Å². The molecule has 2 fully saturated rings. The monoisotopic (exact) mass is 384 g/mol. The largest absolute Gasteiger partial charge is 0.494 e. The molecule has 158 valence electrons. The van der Waals surface area contributed by atoms with Gasteiger partial charge in [-0.2, -0.15) is 0 Å². The summed E-state index contributed by atoms with van der Waals surface area (Å²) in [6, 6.07) is 9.06. The maximum Gasteiger partial charge on any atom is 0.119 e. The van der Waals surface area contributed by atoms with Crippen LogP contribution in [-0.2, 0) is 0 Å². The van der Waals surface area contributed by atoms with Crippen molar-refractivity contribution in [1.82, 2.24) is 0 Å². The van der Waals surface area contributed by atoms with Gasteiger partial charge in [-0.15, -0.1) is 0 Å². The third-order valence-electron chi connectivity index (χ3n) is 7.73. The number of ether oxygens (including phenoxy) is 1. The van der Waals surface area contributed by atoms with Crippen LogP contribution < -0.4 is 4.74 Å². The van der Waals surface area contributed by atoms with E-state index in [2.05, 4.69) is 38.1 Å². The van der Waals surface area contributed by atoms with E-state index >= 15 is 0 Å². The Morgan fingerprint density at radius 1 is 0.714 bits per heavy atom. The molecule has 2 saturated carbocycles. The summed E-state index contributed by atoms with van der Waals surface area (Å²) in [6.45, 7) is 5.54. The van der Waals surface area contributed by atoms with Crippen molar-refractivity contribution in [3.63, 3.8) is 0 Å². The Morgan fingerprint density at radius 3 is 1.86 bits per heavy atom. The standard InChI is InChI=1S/C27H44O/c1-3-5-7-23-9-11-24(12-10-23)8-6-21-28-27-19-17-26(18-20-27)25-15-13-22(4-2)14-16-25/h17-20,22-25H,3-16,21H2,1-2H3/t22-,23-,24-,25-. The minimum Gasteiger partial charge on any atom is -0.494 e. The summed E-state index contributed by atoms with van der Waals surface area (Å²) in [5.41, 5.74) is 1.53. The van der Waals surface area contributed by atoms with Crippen LogP contribution in [0.4, 0.5) is 0 Å². The first kappa shape index (κ1) is 21.7. The molecule has 0 N–H and O–H groups in total. The maximum atomic E-state index is 6.05. The summed E-state index contributed by atoms with van der Waals surface area (Å²) < 4.78 is 6.05. The molecular weight excluding hydrogens is 340 g/mol.